The van der Waals surface area contributed by atoms with Gasteiger partial charge in [0.1, 0.15) is 12.4 Å². The van der Waals surface area contributed by atoms with Crippen LogP contribution in [-0.4, -0.2) is 11.6 Å². The van der Waals surface area contributed by atoms with Crippen LogP contribution in [0, 0.1) is 0 Å². The van der Waals surface area contributed by atoms with Crippen molar-refractivity contribution in [3.8, 4) is 5.75 Å². The number of amides is 1. The van der Waals surface area contributed by atoms with Gasteiger partial charge in [-0.05, 0) is 66.6 Å². The average molecular weight is 377 g/mol. The minimum absolute atomic E-state index is 0.132. The van der Waals surface area contributed by atoms with E-state index in [1.165, 1.54) is 11.1 Å². The summed E-state index contributed by atoms with van der Waals surface area (Å²) in [5.74, 6) is 0.640. The molecule has 0 fully saturated rings. The summed E-state index contributed by atoms with van der Waals surface area (Å²) in [6.07, 6.45) is 3.93. The summed E-state index contributed by atoms with van der Waals surface area (Å²) in [5, 5.41) is 4.19. The highest BCUT2D eigenvalue weighted by Crippen LogP contribution is 2.24. The van der Waals surface area contributed by atoms with E-state index in [0.29, 0.717) is 12.2 Å². The Morgan fingerprint density at radius 1 is 1.04 bits per heavy atom. The number of hydrogen-bond donors (Lipinski definition) is 1. The molecule has 0 aromatic heterocycles. The molecule has 0 heterocycles. The van der Waals surface area contributed by atoms with Crippen LogP contribution in [0.1, 0.15) is 62.0 Å². The molecular weight excluding hydrogens is 348 g/mol. The molecule has 0 bridgehead atoms. The van der Waals surface area contributed by atoms with Gasteiger partial charge in [-0.15, -0.1) is 0 Å². The van der Waals surface area contributed by atoms with Gasteiger partial charge in [0, 0.05) is 5.56 Å². The Bertz CT molecular complexity index is 886. The molecule has 0 atom stereocenters. The number of rotatable bonds is 5. The van der Waals surface area contributed by atoms with Crippen molar-refractivity contribution in [2.75, 3.05) is 0 Å². The first-order chi connectivity index (χ1) is 13.3. The number of nitrogens with one attached hydrogen (secondary N) is 1. The molecule has 146 valence electrons. The minimum atomic E-state index is -0.198. The Hall–Kier alpha value is -2.88. The van der Waals surface area contributed by atoms with E-state index in [9.17, 15) is 4.79 Å². The summed E-state index contributed by atoms with van der Waals surface area (Å²) in [5.41, 5.74) is 7.86. The van der Waals surface area contributed by atoms with Gasteiger partial charge in [0.15, 0.2) is 0 Å². The Balaban J connectivity index is 1.53. The molecule has 1 amide bonds. The predicted octanol–water partition coefficient (Wildman–Crippen LogP) is 5.39. The van der Waals surface area contributed by atoms with Crippen LogP contribution in [-0.2, 0) is 12.0 Å². The van der Waals surface area contributed by atoms with Crippen molar-refractivity contribution in [3.63, 3.8) is 0 Å². The smallest absolute Gasteiger partial charge is 0.271 e. The van der Waals surface area contributed by atoms with Crippen LogP contribution in [0.15, 0.2) is 65.3 Å². The molecule has 4 heteroatoms. The molecule has 0 aliphatic heterocycles. The van der Waals surface area contributed by atoms with Gasteiger partial charge >= 0.3 is 0 Å². The number of benzene rings is 2. The van der Waals surface area contributed by atoms with Gasteiger partial charge in [0.05, 0.1) is 5.71 Å². The van der Waals surface area contributed by atoms with Gasteiger partial charge in [-0.1, -0.05) is 50.6 Å². The van der Waals surface area contributed by atoms with Gasteiger partial charge in [-0.25, -0.2) is 5.43 Å². The molecule has 0 radical (unpaired) electrons. The highest BCUT2D eigenvalue weighted by molar-refractivity contribution is 6.00. The maximum atomic E-state index is 12.2. The van der Waals surface area contributed by atoms with Crippen molar-refractivity contribution in [1.29, 1.82) is 0 Å². The predicted molar refractivity (Wildman–Crippen MR) is 114 cm³/mol. The maximum absolute atomic E-state index is 12.2. The van der Waals surface area contributed by atoms with Crippen molar-refractivity contribution in [1.82, 2.24) is 5.43 Å². The molecule has 0 unspecified atom stereocenters. The molecule has 28 heavy (non-hydrogen) atoms. The number of carbonyl (C=O) groups excluding carboxylic acids is 1. The lowest BCUT2D eigenvalue weighted by Gasteiger charge is -2.19. The van der Waals surface area contributed by atoms with Crippen molar-refractivity contribution in [3.05, 3.63) is 76.9 Å². The molecule has 0 saturated heterocycles. The summed E-state index contributed by atoms with van der Waals surface area (Å²) in [7, 11) is 0. The van der Waals surface area contributed by atoms with Crippen LogP contribution < -0.4 is 10.2 Å². The third-order valence-electron chi connectivity index (χ3n) is 4.83. The molecule has 2 aromatic carbocycles. The second kappa shape index (κ2) is 8.42. The Morgan fingerprint density at radius 3 is 2.29 bits per heavy atom. The van der Waals surface area contributed by atoms with E-state index in [0.717, 1.165) is 29.9 Å². The van der Waals surface area contributed by atoms with Crippen LogP contribution in [0.3, 0.4) is 0 Å². The number of hydrogen-bond acceptors (Lipinski definition) is 3. The second-order valence-electron chi connectivity index (χ2n) is 8.29. The van der Waals surface area contributed by atoms with Crippen molar-refractivity contribution < 1.29 is 9.53 Å². The lowest BCUT2D eigenvalue weighted by atomic mass is 9.87. The van der Waals surface area contributed by atoms with Crippen LogP contribution in [0.25, 0.3) is 0 Å². The van der Waals surface area contributed by atoms with Gasteiger partial charge in [0.25, 0.3) is 5.91 Å². The first-order valence-corrected chi connectivity index (χ1v) is 9.67. The Morgan fingerprint density at radius 2 is 1.71 bits per heavy atom. The summed E-state index contributed by atoms with van der Waals surface area (Å²) in [6, 6.07) is 15.6. The normalized spacial score (nSPS) is 15.4. The van der Waals surface area contributed by atoms with E-state index in [1.807, 2.05) is 30.3 Å². The zero-order valence-corrected chi connectivity index (χ0v) is 17.1. The third kappa shape index (κ3) is 5.32. The molecule has 4 nitrogen and oxygen atoms in total. The Labute approximate surface area is 167 Å². The monoisotopic (exact) mass is 376 g/mol. The topological polar surface area (TPSA) is 50.7 Å². The Kier molecular flexibility index (Phi) is 5.98. The van der Waals surface area contributed by atoms with Crippen molar-refractivity contribution in [2.45, 2.75) is 52.6 Å². The second-order valence-corrected chi connectivity index (χ2v) is 8.29. The average Bonchev–Trinajstić information content (AvgIpc) is 3.10. The van der Waals surface area contributed by atoms with Crippen molar-refractivity contribution >= 4 is 11.6 Å². The van der Waals surface area contributed by atoms with Crippen LogP contribution in [0.2, 0.25) is 0 Å². The molecular formula is C24H28N2O2. The van der Waals surface area contributed by atoms with E-state index in [4.69, 9.17) is 4.74 Å². The highest BCUT2D eigenvalue weighted by atomic mass is 16.5. The third-order valence-corrected chi connectivity index (χ3v) is 4.83. The molecule has 1 N–H and O–H groups in total. The van der Waals surface area contributed by atoms with E-state index in [1.54, 1.807) is 12.1 Å². The number of hydrazone groups is 1. The lowest BCUT2D eigenvalue weighted by Crippen LogP contribution is -2.18. The SMILES string of the molecule is CC1=CC(=NNC(=O)c2ccc(COc3ccc(C(C)(C)C)cc3)cc2)CC1. The van der Waals surface area contributed by atoms with Crippen LogP contribution in [0.5, 0.6) is 5.75 Å². The fourth-order valence-corrected chi connectivity index (χ4v) is 3.00. The standard InChI is InChI=1S/C24H28N2O2/c1-17-5-12-21(15-17)25-26-23(27)19-8-6-18(7-9-19)16-28-22-13-10-20(11-14-22)24(2,3)4/h6-11,13-15H,5,12,16H2,1-4H3,(H,26,27). The number of carbonyl (C=O) groups is 1. The van der Waals surface area contributed by atoms with Gasteiger partial charge in [0.2, 0.25) is 0 Å². The van der Waals surface area contributed by atoms with Gasteiger partial charge in [-0.3, -0.25) is 4.79 Å². The fraction of sp³-hybridized carbons (Fsp3) is 0.333. The van der Waals surface area contributed by atoms with E-state index >= 15 is 0 Å². The van der Waals surface area contributed by atoms with Gasteiger partial charge < -0.3 is 4.74 Å². The molecule has 1 aliphatic rings. The van der Waals surface area contributed by atoms with E-state index in [2.05, 4.69) is 50.4 Å². The molecule has 3 rings (SSSR count). The molecule has 1 aliphatic carbocycles. The molecule has 2 aromatic rings. The van der Waals surface area contributed by atoms with Gasteiger partial charge in [-0.2, -0.15) is 5.10 Å². The molecule has 0 spiro atoms. The first kappa shape index (κ1) is 19.9. The number of allylic oxidation sites excluding steroid dienone is 2. The first-order valence-electron chi connectivity index (χ1n) is 9.67. The number of ether oxygens (including phenoxy) is 1. The fourth-order valence-electron chi connectivity index (χ4n) is 3.00. The van der Waals surface area contributed by atoms with E-state index in [-0.39, 0.29) is 11.3 Å². The van der Waals surface area contributed by atoms with Crippen LogP contribution in [0.4, 0.5) is 0 Å². The zero-order chi connectivity index (χ0) is 20.1. The summed E-state index contributed by atoms with van der Waals surface area (Å²) >= 11 is 0. The quantitative estimate of drug-likeness (QED) is 0.711. The maximum Gasteiger partial charge on any atom is 0.271 e. The summed E-state index contributed by atoms with van der Waals surface area (Å²) < 4.78 is 5.86. The minimum Gasteiger partial charge on any atom is -0.489 e. The summed E-state index contributed by atoms with van der Waals surface area (Å²) in [6.45, 7) is 9.11. The largest absolute Gasteiger partial charge is 0.489 e. The summed E-state index contributed by atoms with van der Waals surface area (Å²) in [4.78, 5) is 12.2. The molecule has 0 saturated carbocycles. The van der Waals surface area contributed by atoms with E-state index < -0.39 is 0 Å². The number of nitrogens with zero attached hydrogens (tertiary/aromatic N) is 1. The lowest BCUT2D eigenvalue weighted by molar-refractivity contribution is 0.0954. The highest BCUT2D eigenvalue weighted by Gasteiger charge is 2.13. The zero-order valence-electron chi connectivity index (χ0n) is 17.1. The van der Waals surface area contributed by atoms with Crippen LogP contribution >= 0.6 is 0 Å². The van der Waals surface area contributed by atoms with Crippen molar-refractivity contribution in [2.24, 2.45) is 5.10 Å².